The first-order valence-electron chi connectivity index (χ1n) is 7.58. The van der Waals surface area contributed by atoms with Crippen LogP contribution in [0.2, 0.25) is 5.02 Å². The highest BCUT2D eigenvalue weighted by Crippen LogP contribution is 2.28. The number of nitrogens with zero attached hydrogens (tertiary/aromatic N) is 4. The number of halogens is 1. The predicted octanol–water partition coefficient (Wildman–Crippen LogP) is 4.69. The Bertz CT molecular complexity index is 969. The number of anilines is 3. The molecule has 8 nitrogen and oxygen atoms in total. The first kappa shape index (κ1) is 20.4. The Morgan fingerprint density at radius 3 is 2.78 bits per heavy atom. The SMILES string of the molecule is C=Nc1cc(Nc2ncc(C(=O)Nc3c(C)cccc3Cl)s2)nc(C)n1.N. The van der Waals surface area contributed by atoms with Gasteiger partial charge in [-0.1, -0.05) is 35.1 Å². The fourth-order valence-electron chi connectivity index (χ4n) is 2.21. The molecule has 0 fully saturated rings. The molecule has 27 heavy (non-hydrogen) atoms. The highest BCUT2D eigenvalue weighted by molar-refractivity contribution is 7.17. The molecule has 0 bridgehead atoms. The number of nitrogens with one attached hydrogen (secondary N) is 2. The van der Waals surface area contributed by atoms with E-state index in [-0.39, 0.29) is 12.1 Å². The molecule has 0 saturated heterocycles. The van der Waals surface area contributed by atoms with Crippen LogP contribution in [-0.4, -0.2) is 27.6 Å². The lowest BCUT2D eigenvalue weighted by Gasteiger charge is -2.08. The smallest absolute Gasteiger partial charge is 0.267 e. The Morgan fingerprint density at radius 2 is 2.07 bits per heavy atom. The average molecular weight is 404 g/mol. The largest absolute Gasteiger partial charge is 0.344 e. The molecule has 0 unspecified atom stereocenters. The number of thiazole rings is 1. The molecule has 140 valence electrons. The zero-order valence-corrected chi connectivity index (χ0v) is 16.4. The summed E-state index contributed by atoms with van der Waals surface area (Å²) in [5, 5.41) is 6.88. The predicted molar refractivity (Wildman–Crippen MR) is 111 cm³/mol. The Labute approximate surface area is 165 Å². The van der Waals surface area contributed by atoms with E-state index in [9.17, 15) is 4.79 Å². The third-order valence-corrected chi connectivity index (χ3v) is 4.64. The van der Waals surface area contributed by atoms with Crippen LogP contribution >= 0.6 is 22.9 Å². The third-order valence-electron chi connectivity index (χ3n) is 3.41. The molecule has 1 amide bonds. The lowest BCUT2D eigenvalue weighted by molar-refractivity contribution is 0.103. The molecule has 1 aromatic carbocycles. The number of hydrogen-bond donors (Lipinski definition) is 3. The molecule has 2 heterocycles. The number of para-hydroxylation sites is 1. The molecule has 0 radical (unpaired) electrons. The normalized spacial score (nSPS) is 10.0. The number of benzene rings is 1. The van der Waals surface area contributed by atoms with Gasteiger partial charge < -0.3 is 16.8 Å². The molecular weight excluding hydrogens is 386 g/mol. The van der Waals surface area contributed by atoms with E-state index in [4.69, 9.17) is 11.6 Å². The molecule has 0 saturated carbocycles. The van der Waals surface area contributed by atoms with Crippen molar-refractivity contribution in [2.45, 2.75) is 13.8 Å². The van der Waals surface area contributed by atoms with E-state index in [1.165, 1.54) is 17.5 Å². The Balaban J connectivity index is 0.00000261. The summed E-state index contributed by atoms with van der Waals surface area (Å²) in [5.41, 5.74) is 1.48. The fraction of sp³-hybridized carbons (Fsp3) is 0.118. The van der Waals surface area contributed by atoms with Crippen molar-refractivity contribution in [1.82, 2.24) is 21.1 Å². The standard InChI is InChI=1S/C17H15ClN6OS.H3N/c1-9-5-4-6-11(18)15(9)24-16(25)12-8-20-17(26-12)23-14-7-13(19-3)21-10(2)22-14;/h4-8H,3H2,1-2H3,(H,24,25)(H,20,21,22,23);1H3. The van der Waals surface area contributed by atoms with Gasteiger partial charge in [0.15, 0.2) is 10.9 Å². The Morgan fingerprint density at radius 1 is 1.30 bits per heavy atom. The molecular formula is C17H18ClN7OS. The van der Waals surface area contributed by atoms with E-state index >= 15 is 0 Å². The minimum Gasteiger partial charge on any atom is -0.344 e. The topological polar surface area (TPSA) is 127 Å². The summed E-state index contributed by atoms with van der Waals surface area (Å²) in [6.45, 7) is 7.09. The van der Waals surface area contributed by atoms with Crippen molar-refractivity contribution in [1.29, 1.82) is 0 Å². The number of aromatic nitrogens is 3. The van der Waals surface area contributed by atoms with Crippen LogP contribution in [0.1, 0.15) is 21.1 Å². The van der Waals surface area contributed by atoms with E-state index < -0.39 is 0 Å². The van der Waals surface area contributed by atoms with Gasteiger partial charge in [-0.3, -0.25) is 4.79 Å². The van der Waals surface area contributed by atoms with Crippen molar-refractivity contribution in [3.05, 3.63) is 51.7 Å². The van der Waals surface area contributed by atoms with Crippen LogP contribution in [-0.2, 0) is 0 Å². The molecule has 0 aliphatic rings. The zero-order chi connectivity index (χ0) is 18.7. The van der Waals surface area contributed by atoms with Crippen LogP contribution in [0, 0.1) is 13.8 Å². The maximum Gasteiger partial charge on any atom is 0.267 e. The molecule has 2 aromatic heterocycles. The fourth-order valence-corrected chi connectivity index (χ4v) is 3.20. The summed E-state index contributed by atoms with van der Waals surface area (Å²) >= 11 is 7.35. The number of carbonyl (C=O) groups is 1. The molecule has 3 rings (SSSR count). The van der Waals surface area contributed by atoms with Gasteiger partial charge in [-0.25, -0.2) is 19.9 Å². The molecule has 0 aliphatic heterocycles. The van der Waals surface area contributed by atoms with Gasteiger partial charge in [-0.05, 0) is 32.2 Å². The lowest BCUT2D eigenvalue weighted by atomic mass is 10.2. The van der Waals surface area contributed by atoms with Gasteiger partial charge in [-0.15, -0.1) is 0 Å². The molecule has 5 N–H and O–H groups in total. The zero-order valence-electron chi connectivity index (χ0n) is 14.8. The average Bonchev–Trinajstić information content (AvgIpc) is 3.06. The first-order valence-corrected chi connectivity index (χ1v) is 8.77. The second-order valence-electron chi connectivity index (χ2n) is 5.36. The van der Waals surface area contributed by atoms with Crippen molar-refractivity contribution in [3.8, 4) is 0 Å². The van der Waals surface area contributed by atoms with Crippen LogP contribution in [0.4, 0.5) is 22.5 Å². The minimum absolute atomic E-state index is 0. The van der Waals surface area contributed by atoms with Crippen molar-refractivity contribution in [3.63, 3.8) is 0 Å². The summed E-state index contributed by atoms with van der Waals surface area (Å²) in [5.74, 6) is 1.27. The van der Waals surface area contributed by atoms with Crippen molar-refractivity contribution in [2.24, 2.45) is 4.99 Å². The van der Waals surface area contributed by atoms with Crippen LogP contribution in [0.5, 0.6) is 0 Å². The van der Waals surface area contributed by atoms with Gasteiger partial charge in [-0.2, -0.15) is 0 Å². The van der Waals surface area contributed by atoms with Gasteiger partial charge in [0.05, 0.1) is 16.9 Å². The maximum atomic E-state index is 12.5. The Hall–Kier alpha value is -2.88. The number of aryl methyl sites for hydroxylation is 2. The van der Waals surface area contributed by atoms with E-state index in [0.717, 1.165) is 5.56 Å². The van der Waals surface area contributed by atoms with Crippen molar-refractivity contribution in [2.75, 3.05) is 10.6 Å². The van der Waals surface area contributed by atoms with Crippen LogP contribution < -0.4 is 16.8 Å². The third kappa shape index (κ3) is 4.85. The van der Waals surface area contributed by atoms with Crippen LogP contribution in [0.15, 0.2) is 35.5 Å². The second kappa shape index (κ2) is 8.67. The van der Waals surface area contributed by atoms with Crippen LogP contribution in [0.25, 0.3) is 0 Å². The summed E-state index contributed by atoms with van der Waals surface area (Å²) in [6.07, 6.45) is 1.50. The summed E-state index contributed by atoms with van der Waals surface area (Å²) in [7, 11) is 0. The van der Waals surface area contributed by atoms with E-state index in [1.807, 2.05) is 19.1 Å². The second-order valence-corrected chi connectivity index (χ2v) is 6.80. The molecule has 0 spiro atoms. The molecule has 3 aromatic rings. The quantitative estimate of drug-likeness (QED) is 0.530. The van der Waals surface area contributed by atoms with Gasteiger partial charge in [0.1, 0.15) is 16.5 Å². The van der Waals surface area contributed by atoms with Gasteiger partial charge in [0, 0.05) is 6.07 Å². The highest BCUT2D eigenvalue weighted by Gasteiger charge is 2.14. The maximum absolute atomic E-state index is 12.5. The van der Waals surface area contributed by atoms with Gasteiger partial charge >= 0.3 is 0 Å². The van der Waals surface area contributed by atoms with Crippen LogP contribution in [0.3, 0.4) is 0 Å². The number of aliphatic imine (C=N–C) groups is 1. The summed E-state index contributed by atoms with van der Waals surface area (Å²) in [6, 6.07) is 7.09. The monoisotopic (exact) mass is 403 g/mol. The number of hydrogen-bond acceptors (Lipinski definition) is 8. The highest BCUT2D eigenvalue weighted by atomic mass is 35.5. The molecule has 0 aliphatic carbocycles. The Kier molecular flexibility index (Phi) is 6.56. The number of amides is 1. The lowest BCUT2D eigenvalue weighted by Crippen LogP contribution is -2.11. The molecule has 0 atom stereocenters. The van der Waals surface area contributed by atoms with Gasteiger partial charge in [0.25, 0.3) is 5.91 Å². The summed E-state index contributed by atoms with van der Waals surface area (Å²) < 4.78 is 0. The number of rotatable bonds is 5. The van der Waals surface area contributed by atoms with E-state index in [0.29, 0.717) is 38.2 Å². The minimum atomic E-state index is -0.279. The van der Waals surface area contributed by atoms with Crippen molar-refractivity contribution >= 4 is 58.0 Å². The summed E-state index contributed by atoms with van der Waals surface area (Å²) in [4.78, 5) is 29.3. The number of carbonyl (C=O) groups excluding carboxylic acids is 1. The van der Waals surface area contributed by atoms with E-state index in [2.05, 4.69) is 37.3 Å². The van der Waals surface area contributed by atoms with Crippen molar-refractivity contribution < 1.29 is 4.79 Å². The first-order chi connectivity index (χ1) is 12.5. The molecule has 10 heteroatoms. The van der Waals surface area contributed by atoms with Gasteiger partial charge in [0.2, 0.25) is 0 Å². The van der Waals surface area contributed by atoms with E-state index in [1.54, 1.807) is 19.1 Å².